The maximum Gasteiger partial charge on any atom is -0.00190 e. The van der Waals surface area contributed by atoms with E-state index in [0.29, 0.717) is 0 Å². The maximum atomic E-state index is 2.51. The third kappa shape index (κ3) is 1.82. The smallest absolute Gasteiger partial charge is 0.00190 e. The van der Waals surface area contributed by atoms with E-state index in [0.717, 1.165) is 11.8 Å². The zero-order valence-corrected chi connectivity index (χ0v) is 8.26. The lowest BCUT2D eigenvalue weighted by atomic mass is 9.77. The molecular formula is C11H21N. The van der Waals surface area contributed by atoms with Crippen LogP contribution in [0.2, 0.25) is 0 Å². The topological polar surface area (TPSA) is 3.24 Å². The van der Waals surface area contributed by atoms with E-state index in [4.69, 9.17) is 0 Å². The lowest BCUT2D eigenvalue weighted by Gasteiger charge is -2.29. The third-order valence-electron chi connectivity index (χ3n) is 3.83. The van der Waals surface area contributed by atoms with Gasteiger partial charge >= 0.3 is 0 Å². The van der Waals surface area contributed by atoms with E-state index < -0.39 is 0 Å². The Labute approximate surface area is 76.1 Å². The number of hydrogen-bond donors (Lipinski definition) is 0. The Hall–Kier alpha value is -0.0400. The molecule has 2 fully saturated rings. The van der Waals surface area contributed by atoms with Crippen molar-refractivity contribution in [1.82, 2.24) is 4.90 Å². The molecule has 1 nitrogen and oxygen atoms in total. The van der Waals surface area contributed by atoms with Crippen LogP contribution in [0.5, 0.6) is 0 Å². The Morgan fingerprint density at radius 2 is 1.33 bits per heavy atom. The van der Waals surface area contributed by atoms with Crippen molar-refractivity contribution < 1.29 is 0 Å². The molecule has 12 heavy (non-hydrogen) atoms. The van der Waals surface area contributed by atoms with Crippen molar-refractivity contribution in [2.75, 3.05) is 20.1 Å². The van der Waals surface area contributed by atoms with Crippen molar-refractivity contribution in [1.29, 1.82) is 0 Å². The minimum absolute atomic E-state index is 1.09. The fourth-order valence-corrected chi connectivity index (χ4v) is 2.93. The van der Waals surface area contributed by atoms with Crippen LogP contribution in [0.3, 0.4) is 0 Å². The zero-order chi connectivity index (χ0) is 8.39. The van der Waals surface area contributed by atoms with Gasteiger partial charge in [0, 0.05) is 0 Å². The Morgan fingerprint density at radius 1 is 0.833 bits per heavy atom. The molecule has 1 saturated heterocycles. The van der Waals surface area contributed by atoms with Gasteiger partial charge in [0.25, 0.3) is 0 Å². The average molecular weight is 167 g/mol. The molecule has 1 unspecified atom stereocenters. The predicted molar refractivity (Wildman–Crippen MR) is 52.2 cm³/mol. The van der Waals surface area contributed by atoms with Crippen molar-refractivity contribution in [2.24, 2.45) is 11.8 Å². The van der Waals surface area contributed by atoms with Gasteiger partial charge < -0.3 is 4.90 Å². The molecule has 2 rings (SSSR count). The van der Waals surface area contributed by atoms with Crippen LogP contribution in [0.15, 0.2) is 0 Å². The van der Waals surface area contributed by atoms with Crippen LogP contribution < -0.4 is 0 Å². The van der Waals surface area contributed by atoms with E-state index >= 15 is 0 Å². The maximum absolute atomic E-state index is 2.51. The van der Waals surface area contributed by atoms with Crippen LogP contribution >= 0.6 is 0 Å². The molecule has 1 saturated carbocycles. The second-order valence-corrected chi connectivity index (χ2v) is 4.69. The van der Waals surface area contributed by atoms with E-state index in [1.54, 1.807) is 0 Å². The van der Waals surface area contributed by atoms with Crippen molar-refractivity contribution in [2.45, 2.75) is 38.5 Å². The minimum atomic E-state index is 1.09. The molecule has 1 heterocycles. The Bertz CT molecular complexity index is 128. The van der Waals surface area contributed by atoms with Crippen LogP contribution in [-0.2, 0) is 0 Å². The molecule has 0 aromatic rings. The molecule has 1 aliphatic carbocycles. The molecule has 1 aliphatic heterocycles. The molecule has 0 aromatic carbocycles. The SMILES string of the molecule is CN1CCC2CCCC[C@H]2CC1. The van der Waals surface area contributed by atoms with E-state index in [1.807, 2.05) is 0 Å². The number of rotatable bonds is 0. The molecule has 0 N–H and O–H groups in total. The number of fused-ring (bicyclic) bond motifs is 1. The van der Waals surface area contributed by atoms with Gasteiger partial charge in [-0.2, -0.15) is 0 Å². The van der Waals surface area contributed by atoms with Crippen molar-refractivity contribution >= 4 is 0 Å². The molecule has 0 spiro atoms. The van der Waals surface area contributed by atoms with Gasteiger partial charge in [-0.1, -0.05) is 25.7 Å². The standard InChI is InChI=1S/C11H21N/c1-12-8-6-10-4-2-3-5-11(10)7-9-12/h10-11H,2-9H2,1H3/t10-,11?/m0/s1. The summed E-state index contributed by atoms with van der Waals surface area (Å²) < 4.78 is 0. The Kier molecular flexibility index (Phi) is 2.69. The van der Waals surface area contributed by atoms with E-state index in [9.17, 15) is 0 Å². The first kappa shape index (κ1) is 8.55. The lowest BCUT2D eigenvalue weighted by molar-refractivity contribution is 0.230. The summed E-state index contributed by atoms with van der Waals surface area (Å²) in [6.07, 6.45) is 9.01. The summed E-state index contributed by atoms with van der Waals surface area (Å²) in [7, 11) is 2.28. The monoisotopic (exact) mass is 167 g/mol. The first-order valence-corrected chi connectivity index (χ1v) is 5.55. The summed E-state index contributed by atoms with van der Waals surface area (Å²) in [4.78, 5) is 2.51. The van der Waals surface area contributed by atoms with Crippen LogP contribution in [0.4, 0.5) is 0 Å². The van der Waals surface area contributed by atoms with Gasteiger partial charge in [0.15, 0.2) is 0 Å². The predicted octanol–water partition coefficient (Wildman–Crippen LogP) is 2.52. The Balaban J connectivity index is 1.94. The molecule has 0 bridgehead atoms. The molecule has 0 radical (unpaired) electrons. The largest absolute Gasteiger partial charge is 0.306 e. The molecule has 0 aromatic heterocycles. The molecule has 2 aliphatic rings. The average Bonchev–Trinajstić information content (AvgIpc) is 2.29. The normalized spacial score (nSPS) is 38.8. The van der Waals surface area contributed by atoms with E-state index in [-0.39, 0.29) is 0 Å². The van der Waals surface area contributed by atoms with Crippen molar-refractivity contribution in [3.63, 3.8) is 0 Å². The van der Waals surface area contributed by atoms with Crippen LogP contribution in [0.1, 0.15) is 38.5 Å². The quantitative estimate of drug-likeness (QED) is 0.536. The molecule has 0 amide bonds. The summed E-state index contributed by atoms with van der Waals surface area (Å²) in [6, 6.07) is 0. The van der Waals surface area contributed by atoms with Crippen LogP contribution in [-0.4, -0.2) is 25.0 Å². The van der Waals surface area contributed by atoms with E-state index in [2.05, 4.69) is 11.9 Å². The van der Waals surface area contributed by atoms with Gasteiger partial charge in [0.2, 0.25) is 0 Å². The zero-order valence-electron chi connectivity index (χ0n) is 8.26. The van der Waals surface area contributed by atoms with Gasteiger partial charge in [-0.25, -0.2) is 0 Å². The highest BCUT2D eigenvalue weighted by molar-refractivity contribution is 4.79. The molecule has 1 heteroatoms. The number of hydrogen-bond acceptors (Lipinski definition) is 1. The Morgan fingerprint density at radius 3 is 1.83 bits per heavy atom. The minimum Gasteiger partial charge on any atom is -0.306 e. The highest BCUT2D eigenvalue weighted by atomic mass is 15.1. The van der Waals surface area contributed by atoms with Crippen molar-refractivity contribution in [3.05, 3.63) is 0 Å². The van der Waals surface area contributed by atoms with Gasteiger partial charge in [0.1, 0.15) is 0 Å². The highest BCUT2D eigenvalue weighted by Crippen LogP contribution is 2.36. The molecular weight excluding hydrogens is 146 g/mol. The second kappa shape index (κ2) is 3.78. The summed E-state index contributed by atoms with van der Waals surface area (Å²) in [5.74, 6) is 2.17. The molecule has 2 atom stereocenters. The molecule has 70 valence electrons. The van der Waals surface area contributed by atoms with E-state index in [1.165, 1.54) is 51.6 Å². The second-order valence-electron chi connectivity index (χ2n) is 4.69. The van der Waals surface area contributed by atoms with Gasteiger partial charge in [0.05, 0.1) is 0 Å². The van der Waals surface area contributed by atoms with Gasteiger partial charge in [-0.3, -0.25) is 0 Å². The third-order valence-corrected chi connectivity index (χ3v) is 3.83. The summed E-state index contributed by atoms with van der Waals surface area (Å²) in [5.41, 5.74) is 0. The van der Waals surface area contributed by atoms with Crippen molar-refractivity contribution in [3.8, 4) is 0 Å². The number of nitrogens with zero attached hydrogens (tertiary/aromatic N) is 1. The lowest BCUT2D eigenvalue weighted by Crippen LogP contribution is -2.18. The fourth-order valence-electron chi connectivity index (χ4n) is 2.93. The first-order valence-electron chi connectivity index (χ1n) is 5.55. The number of likely N-dealkylation sites (tertiary alicyclic amines) is 1. The highest BCUT2D eigenvalue weighted by Gasteiger charge is 2.27. The van der Waals surface area contributed by atoms with Gasteiger partial charge in [-0.05, 0) is 44.8 Å². The van der Waals surface area contributed by atoms with Crippen LogP contribution in [0, 0.1) is 11.8 Å². The first-order chi connectivity index (χ1) is 5.86. The fraction of sp³-hybridized carbons (Fsp3) is 1.00. The summed E-state index contributed by atoms with van der Waals surface area (Å²) in [6.45, 7) is 2.70. The van der Waals surface area contributed by atoms with Crippen LogP contribution in [0.25, 0.3) is 0 Å². The summed E-state index contributed by atoms with van der Waals surface area (Å²) in [5, 5.41) is 0. The van der Waals surface area contributed by atoms with Gasteiger partial charge in [-0.15, -0.1) is 0 Å². The summed E-state index contributed by atoms with van der Waals surface area (Å²) >= 11 is 0.